The molecule has 0 atom stereocenters. The standard InChI is InChI=1S/C43H25N3O2/c1-3-12-26(13-4-1)41-44-42(27-14-5-2-6-15-27)46-43(45-41)35-23-30(25-38-39(35)33-18-9-10-21-36(33)47-38)31-19-11-20-32-34-22-28-16-7-8-17-29(28)24-37(34)48-40(31)32/h1-25H. The van der Waals surface area contributed by atoms with Crippen molar-refractivity contribution in [3.05, 3.63) is 152 Å². The fourth-order valence-electron chi connectivity index (χ4n) is 6.83. The van der Waals surface area contributed by atoms with Crippen LogP contribution in [0.25, 0.3) is 99.9 Å². The maximum Gasteiger partial charge on any atom is 0.164 e. The third kappa shape index (κ3) is 4.22. The van der Waals surface area contributed by atoms with Crippen LogP contribution in [0.3, 0.4) is 0 Å². The molecular formula is C43H25N3O2. The van der Waals surface area contributed by atoms with Crippen LogP contribution in [0.2, 0.25) is 0 Å². The van der Waals surface area contributed by atoms with Gasteiger partial charge in [-0.2, -0.15) is 0 Å². The van der Waals surface area contributed by atoms with E-state index in [1.54, 1.807) is 0 Å². The molecule has 224 valence electrons. The molecule has 0 aliphatic carbocycles. The summed E-state index contributed by atoms with van der Waals surface area (Å²) in [6.45, 7) is 0. The lowest BCUT2D eigenvalue weighted by molar-refractivity contribution is 0.668. The number of hydrogen-bond donors (Lipinski definition) is 0. The van der Waals surface area contributed by atoms with E-state index in [4.69, 9.17) is 23.8 Å². The zero-order chi connectivity index (χ0) is 31.6. The van der Waals surface area contributed by atoms with Gasteiger partial charge in [-0.1, -0.05) is 121 Å². The average molecular weight is 616 g/mol. The van der Waals surface area contributed by atoms with Gasteiger partial charge in [-0.25, -0.2) is 15.0 Å². The molecule has 0 saturated carbocycles. The molecule has 0 N–H and O–H groups in total. The van der Waals surface area contributed by atoms with Gasteiger partial charge in [0.15, 0.2) is 17.5 Å². The van der Waals surface area contributed by atoms with Crippen LogP contribution in [-0.4, -0.2) is 15.0 Å². The SMILES string of the molecule is c1ccc(-c2nc(-c3ccccc3)nc(-c3cc(-c4cccc5c4oc4cc6ccccc6cc45)cc4oc5ccccc5c34)n2)cc1. The van der Waals surface area contributed by atoms with Crippen LogP contribution in [0.4, 0.5) is 0 Å². The van der Waals surface area contributed by atoms with Crippen LogP contribution < -0.4 is 0 Å². The van der Waals surface area contributed by atoms with Gasteiger partial charge >= 0.3 is 0 Å². The Morgan fingerprint density at radius 1 is 0.354 bits per heavy atom. The first-order valence-corrected chi connectivity index (χ1v) is 15.9. The summed E-state index contributed by atoms with van der Waals surface area (Å²) in [7, 11) is 0. The van der Waals surface area contributed by atoms with Crippen LogP contribution >= 0.6 is 0 Å². The predicted molar refractivity (Wildman–Crippen MR) is 194 cm³/mol. The van der Waals surface area contributed by atoms with E-state index >= 15 is 0 Å². The minimum atomic E-state index is 0.573. The molecule has 10 aromatic rings. The number of aromatic nitrogens is 3. The second kappa shape index (κ2) is 10.5. The second-order valence-corrected chi connectivity index (χ2v) is 12.0. The van der Waals surface area contributed by atoms with Gasteiger partial charge in [0, 0.05) is 43.8 Å². The van der Waals surface area contributed by atoms with Gasteiger partial charge in [0.05, 0.1) is 0 Å². The molecule has 48 heavy (non-hydrogen) atoms. The number of hydrogen-bond acceptors (Lipinski definition) is 5. The van der Waals surface area contributed by atoms with Gasteiger partial charge in [-0.15, -0.1) is 0 Å². The quantitative estimate of drug-likeness (QED) is 0.197. The van der Waals surface area contributed by atoms with Crippen LogP contribution in [0.1, 0.15) is 0 Å². The van der Waals surface area contributed by atoms with E-state index in [1.165, 1.54) is 5.39 Å². The first kappa shape index (κ1) is 26.6. The molecule has 7 aromatic carbocycles. The summed E-state index contributed by atoms with van der Waals surface area (Å²) in [5.74, 6) is 1.79. The zero-order valence-corrected chi connectivity index (χ0v) is 25.6. The Hall–Kier alpha value is -6.59. The smallest absolute Gasteiger partial charge is 0.164 e. The fraction of sp³-hybridized carbons (Fsp3) is 0. The third-order valence-corrected chi connectivity index (χ3v) is 9.09. The summed E-state index contributed by atoms with van der Waals surface area (Å²) < 4.78 is 13.2. The number of nitrogens with zero attached hydrogens (tertiary/aromatic N) is 3. The normalized spacial score (nSPS) is 11.8. The average Bonchev–Trinajstić information content (AvgIpc) is 3.72. The maximum absolute atomic E-state index is 6.64. The number of rotatable bonds is 4. The lowest BCUT2D eigenvalue weighted by Crippen LogP contribution is -2.00. The molecule has 0 unspecified atom stereocenters. The van der Waals surface area contributed by atoms with Gasteiger partial charge < -0.3 is 8.83 Å². The number of para-hydroxylation sites is 2. The van der Waals surface area contributed by atoms with Crippen molar-refractivity contribution in [2.45, 2.75) is 0 Å². The Labute approximate surface area is 274 Å². The van der Waals surface area contributed by atoms with Crippen molar-refractivity contribution in [1.29, 1.82) is 0 Å². The molecule has 0 bridgehead atoms. The van der Waals surface area contributed by atoms with Crippen molar-refractivity contribution in [3.63, 3.8) is 0 Å². The Balaban J connectivity index is 1.27. The largest absolute Gasteiger partial charge is 0.456 e. The Bertz CT molecular complexity index is 2780. The van der Waals surface area contributed by atoms with Crippen LogP contribution in [0, 0.1) is 0 Å². The maximum atomic E-state index is 6.64. The molecule has 0 aliphatic rings. The molecule has 3 aromatic heterocycles. The monoisotopic (exact) mass is 615 g/mol. The number of fused-ring (bicyclic) bond motifs is 7. The van der Waals surface area contributed by atoms with Crippen molar-refractivity contribution in [2.24, 2.45) is 0 Å². The summed E-state index contributed by atoms with van der Waals surface area (Å²) in [4.78, 5) is 15.2. The van der Waals surface area contributed by atoms with Crippen molar-refractivity contribution in [2.75, 3.05) is 0 Å². The summed E-state index contributed by atoms with van der Waals surface area (Å²) in [6, 6.07) is 51.5. The highest BCUT2D eigenvalue weighted by Crippen LogP contribution is 2.43. The van der Waals surface area contributed by atoms with E-state index in [0.717, 1.165) is 77.1 Å². The van der Waals surface area contributed by atoms with E-state index in [1.807, 2.05) is 78.9 Å². The molecule has 0 amide bonds. The summed E-state index contributed by atoms with van der Waals surface area (Å²) in [6.07, 6.45) is 0. The van der Waals surface area contributed by atoms with E-state index in [2.05, 4.69) is 72.8 Å². The molecule has 0 saturated heterocycles. The van der Waals surface area contributed by atoms with Gasteiger partial charge in [-0.05, 0) is 46.7 Å². The zero-order valence-electron chi connectivity index (χ0n) is 25.6. The van der Waals surface area contributed by atoms with Crippen molar-refractivity contribution in [1.82, 2.24) is 15.0 Å². The topological polar surface area (TPSA) is 65.0 Å². The van der Waals surface area contributed by atoms with E-state index in [-0.39, 0.29) is 0 Å². The van der Waals surface area contributed by atoms with Crippen LogP contribution in [0.5, 0.6) is 0 Å². The summed E-state index contributed by atoms with van der Waals surface area (Å²) in [5.41, 5.74) is 7.87. The van der Waals surface area contributed by atoms with Crippen molar-refractivity contribution < 1.29 is 8.83 Å². The molecule has 0 aliphatic heterocycles. The lowest BCUT2D eigenvalue weighted by Gasteiger charge is -2.11. The molecule has 5 nitrogen and oxygen atoms in total. The van der Waals surface area contributed by atoms with E-state index in [9.17, 15) is 0 Å². The Kier molecular flexibility index (Phi) is 5.81. The Morgan fingerprint density at radius 2 is 0.979 bits per heavy atom. The molecule has 10 rings (SSSR count). The van der Waals surface area contributed by atoms with E-state index < -0.39 is 0 Å². The highest BCUT2D eigenvalue weighted by atomic mass is 16.3. The number of furan rings is 2. The second-order valence-electron chi connectivity index (χ2n) is 12.0. The Morgan fingerprint density at radius 3 is 1.73 bits per heavy atom. The van der Waals surface area contributed by atoms with Gasteiger partial charge in [0.1, 0.15) is 22.3 Å². The van der Waals surface area contributed by atoms with Crippen LogP contribution in [0.15, 0.2) is 160 Å². The third-order valence-electron chi connectivity index (χ3n) is 9.09. The van der Waals surface area contributed by atoms with Gasteiger partial charge in [-0.3, -0.25) is 0 Å². The molecule has 0 spiro atoms. The minimum Gasteiger partial charge on any atom is -0.456 e. The molecule has 5 heteroatoms. The highest BCUT2D eigenvalue weighted by molar-refractivity contribution is 6.16. The lowest BCUT2D eigenvalue weighted by atomic mass is 9.96. The van der Waals surface area contributed by atoms with Crippen molar-refractivity contribution >= 4 is 54.6 Å². The fourth-order valence-corrected chi connectivity index (χ4v) is 6.83. The summed E-state index contributed by atoms with van der Waals surface area (Å²) >= 11 is 0. The van der Waals surface area contributed by atoms with Crippen LogP contribution in [-0.2, 0) is 0 Å². The van der Waals surface area contributed by atoms with Gasteiger partial charge in [0.25, 0.3) is 0 Å². The molecule has 3 heterocycles. The first-order chi connectivity index (χ1) is 23.8. The van der Waals surface area contributed by atoms with Crippen molar-refractivity contribution in [3.8, 4) is 45.3 Å². The number of benzene rings is 7. The van der Waals surface area contributed by atoms with Gasteiger partial charge in [0.2, 0.25) is 0 Å². The molecular weight excluding hydrogens is 590 g/mol. The molecule has 0 radical (unpaired) electrons. The van der Waals surface area contributed by atoms with E-state index in [0.29, 0.717) is 17.5 Å². The molecule has 0 fully saturated rings. The minimum absolute atomic E-state index is 0.573. The predicted octanol–water partition coefficient (Wildman–Crippen LogP) is 11.5. The highest BCUT2D eigenvalue weighted by Gasteiger charge is 2.21. The summed E-state index contributed by atoms with van der Waals surface area (Å²) in [5, 5.41) is 6.45. The first-order valence-electron chi connectivity index (χ1n) is 15.9.